The topological polar surface area (TPSA) is 91.6 Å². The number of halogens is 5. The highest BCUT2D eigenvalue weighted by Gasteiger charge is 2.39. The van der Waals surface area contributed by atoms with E-state index in [0.717, 1.165) is 0 Å². The number of rotatable bonds is 5. The van der Waals surface area contributed by atoms with Crippen molar-refractivity contribution in [1.82, 2.24) is 4.98 Å². The SMILES string of the molecule is CCOC(=O)c1cc(C(F)F)c([N+](=O)[O-])c(OC(F)(F)F)n1. The molecule has 1 heterocycles. The minimum Gasteiger partial charge on any atom is -0.461 e. The van der Waals surface area contributed by atoms with Gasteiger partial charge in [0.25, 0.3) is 6.43 Å². The fraction of sp³-hybridized carbons (Fsp3) is 0.400. The molecule has 22 heavy (non-hydrogen) atoms. The minimum atomic E-state index is -5.43. The number of alkyl halides is 5. The summed E-state index contributed by atoms with van der Waals surface area (Å²) < 4.78 is 69.9. The Morgan fingerprint density at radius 3 is 2.45 bits per heavy atom. The number of nitrogens with zero attached hydrogens (tertiary/aromatic N) is 2. The monoisotopic (exact) mass is 330 g/mol. The molecule has 1 aromatic rings. The second-order valence-corrected chi connectivity index (χ2v) is 3.58. The van der Waals surface area contributed by atoms with Crippen molar-refractivity contribution in [2.24, 2.45) is 0 Å². The van der Waals surface area contributed by atoms with Gasteiger partial charge in [0.15, 0.2) is 5.69 Å². The molecule has 0 aliphatic carbocycles. The van der Waals surface area contributed by atoms with Crippen LogP contribution in [0.15, 0.2) is 6.07 Å². The van der Waals surface area contributed by atoms with Gasteiger partial charge >= 0.3 is 23.9 Å². The maximum atomic E-state index is 12.8. The fourth-order valence-electron chi connectivity index (χ4n) is 1.37. The lowest BCUT2D eigenvalue weighted by Crippen LogP contribution is -2.20. The first kappa shape index (κ1) is 17.5. The summed E-state index contributed by atoms with van der Waals surface area (Å²) in [5.41, 5.74) is -4.09. The van der Waals surface area contributed by atoms with Crippen molar-refractivity contribution in [3.8, 4) is 5.88 Å². The van der Waals surface area contributed by atoms with Crippen LogP contribution in [0.5, 0.6) is 5.88 Å². The third-order valence-electron chi connectivity index (χ3n) is 2.10. The van der Waals surface area contributed by atoms with Crippen molar-refractivity contribution in [3.63, 3.8) is 0 Å². The van der Waals surface area contributed by atoms with Crippen molar-refractivity contribution in [1.29, 1.82) is 0 Å². The highest BCUT2D eigenvalue weighted by atomic mass is 19.4. The summed E-state index contributed by atoms with van der Waals surface area (Å²) in [6.07, 6.45) is -8.96. The number of ether oxygens (including phenoxy) is 2. The van der Waals surface area contributed by atoms with E-state index >= 15 is 0 Å². The molecular formula is C10H7F5N2O5. The highest BCUT2D eigenvalue weighted by molar-refractivity contribution is 5.88. The van der Waals surface area contributed by atoms with Crippen molar-refractivity contribution < 1.29 is 41.1 Å². The van der Waals surface area contributed by atoms with Gasteiger partial charge in [-0.2, -0.15) is 4.98 Å². The molecule has 7 nitrogen and oxygen atoms in total. The predicted molar refractivity (Wildman–Crippen MR) is 58.5 cm³/mol. The van der Waals surface area contributed by atoms with E-state index < -0.39 is 46.5 Å². The van der Waals surface area contributed by atoms with E-state index in [1.165, 1.54) is 6.92 Å². The molecule has 0 saturated heterocycles. The first-order valence-corrected chi connectivity index (χ1v) is 5.47. The largest absolute Gasteiger partial charge is 0.574 e. The number of esters is 1. The van der Waals surface area contributed by atoms with E-state index in [4.69, 9.17) is 0 Å². The molecule has 0 fully saturated rings. The normalized spacial score (nSPS) is 11.4. The first-order chi connectivity index (χ1) is 10.1. The third kappa shape index (κ3) is 4.23. The van der Waals surface area contributed by atoms with Crippen LogP contribution in [0.4, 0.5) is 27.6 Å². The Bertz CT molecular complexity index is 590. The van der Waals surface area contributed by atoms with Crippen LogP contribution in [-0.4, -0.2) is 28.8 Å². The summed E-state index contributed by atoms with van der Waals surface area (Å²) in [5.74, 6) is -3.09. The average Bonchev–Trinajstić information content (AvgIpc) is 2.35. The van der Waals surface area contributed by atoms with Crippen LogP contribution in [0, 0.1) is 10.1 Å². The first-order valence-electron chi connectivity index (χ1n) is 5.47. The van der Waals surface area contributed by atoms with Gasteiger partial charge in [-0.1, -0.05) is 0 Å². The Labute approximate surface area is 118 Å². The zero-order valence-electron chi connectivity index (χ0n) is 10.7. The summed E-state index contributed by atoms with van der Waals surface area (Å²) in [6.45, 7) is 1.14. The fourth-order valence-corrected chi connectivity index (χ4v) is 1.37. The second-order valence-electron chi connectivity index (χ2n) is 3.58. The predicted octanol–water partition coefficient (Wildman–Crippen LogP) is 3.00. The lowest BCUT2D eigenvalue weighted by molar-refractivity contribution is -0.390. The molecule has 0 N–H and O–H groups in total. The van der Waals surface area contributed by atoms with Gasteiger partial charge in [-0.25, -0.2) is 13.6 Å². The zero-order chi connectivity index (χ0) is 17.1. The molecule has 0 atom stereocenters. The van der Waals surface area contributed by atoms with Crippen molar-refractivity contribution in [2.45, 2.75) is 19.7 Å². The molecule has 0 saturated carbocycles. The van der Waals surface area contributed by atoms with E-state index in [2.05, 4.69) is 14.5 Å². The molecular weight excluding hydrogens is 323 g/mol. The van der Waals surface area contributed by atoms with E-state index in [1.807, 2.05) is 0 Å². The molecule has 0 amide bonds. The average molecular weight is 330 g/mol. The van der Waals surface area contributed by atoms with E-state index in [0.29, 0.717) is 0 Å². The Morgan fingerprint density at radius 2 is 2.05 bits per heavy atom. The molecule has 0 radical (unpaired) electrons. The summed E-state index contributed by atoms with van der Waals surface area (Å²) in [6, 6.07) is 0.282. The lowest BCUT2D eigenvalue weighted by Gasteiger charge is -2.12. The zero-order valence-corrected chi connectivity index (χ0v) is 10.7. The summed E-state index contributed by atoms with van der Waals surface area (Å²) in [5, 5.41) is 10.7. The molecule has 0 aliphatic rings. The molecule has 0 aliphatic heterocycles. The van der Waals surface area contributed by atoms with E-state index in [-0.39, 0.29) is 12.7 Å². The van der Waals surface area contributed by atoms with Gasteiger partial charge in [0, 0.05) is 0 Å². The Kier molecular flexibility index (Phi) is 5.17. The molecule has 122 valence electrons. The van der Waals surface area contributed by atoms with Gasteiger partial charge in [0.05, 0.1) is 11.5 Å². The molecule has 0 bridgehead atoms. The minimum absolute atomic E-state index is 0.211. The molecule has 1 rings (SSSR count). The number of carbonyl (C=O) groups is 1. The van der Waals surface area contributed by atoms with Crippen LogP contribution in [0.1, 0.15) is 29.4 Å². The Balaban J connectivity index is 3.54. The molecule has 1 aromatic heterocycles. The number of hydrogen-bond donors (Lipinski definition) is 0. The van der Waals surface area contributed by atoms with Crippen LogP contribution in [0.25, 0.3) is 0 Å². The third-order valence-corrected chi connectivity index (χ3v) is 2.10. The molecule has 12 heteroatoms. The summed E-state index contributed by atoms with van der Waals surface area (Å²) in [4.78, 5) is 23.5. The van der Waals surface area contributed by atoms with Crippen molar-refractivity contribution in [2.75, 3.05) is 6.61 Å². The van der Waals surface area contributed by atoms with Crippen LogP contribution in [0.2, 0.25) is 0 Å². The van der Waals surface area contributed by atoms with Crippen LogP contribution < -0.4 is 4.74 Å². The van der Waals surface area contributed by atoms with Crippen molar-refractivity contribution >= 4 is 11.7 Å². The van der Waals surface area contributed by atoms with Crippen LogP contribution in [0.3, 0.4) is 0 Å². The van der Waals surface area contributed by atoms with Gasteiger partial charge in [-0.05, 0) is 13.0 Å². The van der Waals surface area contributed by atoms with Gasteiger partial charge < -0.3 is 9.47 Å². The number of nitro groups is 1. The maximum absolute atomic E-state index is 12.8. The Hall–Kier alpha value is -2.53. The van der Waals surface area contributed by atoms with Crippen LogP contribution >= 0.6 is 0 Å². The van der Waals surface area contributed by atoms with Gasteiger partial charge in [-0.3, -0.25) is 10.1 Å². The molecule has 0 aromatic carbocycles. The maximum Gasteiger partial charge on any atom is 0.574 e. The van der Waals surface area contributed by atoms with Gasteiger partial charge in [0.1, 0.15) is 5.56 Å². The van der Waals surface area contributed by atoms with Crippen LogP contribution in [-0.2, 0) is 4.74 Å². The summed E-state index contributed by atoms with van der Waals surface area (Å²) in [7, 11) is 0. The number of carbonyl (C=O) groups excluding carboxylic acids is 1. The summed E-state index contributed by atoms with van der Waals surface area (Å²) >= 11 is 0. The number of aromatic nitrogens is 1. The second kappa shape index (κ2) is 6.49. The van der Waals surface area contributed by atoms with Gasteiger partial charge in [-0.15, -0.1) is 13.2 Å². The lowest BCUT2D eigenvalue weighted by atomic mass is 10.2. The van der Waals surface area contributed by atoms with Gasteiger partial charge in [0.2, 0.25) is 0 Å². The van der Waals surface area contributed by atoms with E-state index in [9.17, 15) is 36.9 Å². The molecule has 0 spiro atoms. The quantitative estimate of drug-likeness (QED) is 0.357. The number of pyridine rings is 1. The number of hydrogen-bond acceptors (Lipinski definition) is 6. The Morgan fingerprint density at radius 1 is 1.45 bits per heavy atom. The standard InChI is InChI=1S/C10H7F5N2O5/c1-2-21-9(18)5-3-4(7(11)12)6(17(19)20)8(16-5)22-10(13,14)15/h3,7H,2H2,1H3. The van der Waals surface area contributed by atoms with E-state index in [1.54, 1.807) is 0 Å². The van der Waals surface area contributed by atoms with Crippen molar-refractivity contribution in [3.05, 3.63) is 27.4 Å². The highest BCUT2D eigenvalue weighted by Crippen LogP contribution is 2.38. The smallest absolute Gasteiger partial charge is 0.461 e. The molecule has 0 unspecified atom stereocenters.